The molecule has 2 aromatic rings. The average molecular weight is 277 g/mol. The van der Waals surface area contributed by atoms with E-state index in [2.05, 4.69) is 9.88 Å². The van der Waals surface area contributed by atoms with Crippen LogP contribution in [0.2, 0.25) is 5.02 Å². The average Bonchev–Trinajstić information content (AvgIpc) is 3.01. The topological polar surface area (TPSA) is 29.3 Å². The van der Waals surface area contributed by atoms with Gasteiger partial charge in [0, 0.05) is 17.1 Å². The minimum Gasteiger partial charge on any atom is -0.441 e. The summed E-state index contributed by atoms with van der Waals surface area (Å²) >= 11 is 6.00. The van der Waals surface area contributed by atoms with Gasteiger partial charge in [0.2, 0.25) is 5.89 Å². The van der Waals surface area contributed by atoms with Crippen LogP contribution in [0.15, 0.2) is 28.7 Å². The van der Waals surface area contributed by atoms with Gasteiger partial charge in [0.05, 0.1) is 5.69 Å². The van der Waals surface area contributed by atoms with Gasteiger partial charge in [-0.3, -0.25) is 4.90 Å². The van der Waals surface area contributed by atoms with Crippen molar-refractivity contribution in [3.05, 3.63) is 40.7 Å². The third-order valence-electron chi connectivity index (χ3n) is 3.54. The zero-order valence-electron chi connectivity index (χ0n) is 11.0. The number of aromatic nitrogens is 1. The van der Waals surface area contributed by atoms with Crippen molar-refractivity contribution in [1.82, 2.24) is 9.88 Å². The molecule has 0 saturated carbocycles. The zero-order valence-corrected chi connectivity index (χ0v) is 11.8. The molecule has 19 heavy (non-hydrogen) atoms. The van der Waals surface area contributed by atoms with Gasteiger partial charge >= 0.3 is 0 Å². The molecule has 2 heterocycles. The first-order chi connectivity index (χ1) is 9.22. The van der Waals surface area contributed by atoms with E-state index in [1.807, 2.05) is 31.2 Å². The van der Waals surface area contributed by atoms with E-state index in [4.69, 9.17) is 16.0 Å². The predicted molar refractivity (Wildman–Crippen MR) is 76.2 cm³/mol. The Morgan fingerprint density at radius 3 is 2.84 bits per heavy atom. The standard InChI is InChI=1S/C15H17ClN2O/c1-11-14(10-18-7-2-3-8-18)17-15(19-11)12-5-4-6-13(16)9-12/h4-6,9H,2-3,7-8,10H2,1H3. The molecular formula is C15H17ClN2O. The van der Waals surface area contributed by atoms with Crippen molar-refractivity contribution in [2.45, 2.75) is 26.3 Å². The summed E-state index contributed by atoms with van der Waals surface area (Å²) in [4.78, 5) is 7.04. The van der Waals surface area contributed by atoms with Crippen LogP contribution in [-0.2, 0) is 6.54 Å². The highest BCUT2D eigenvalue weighted by Crippen LogP contribution is 2.25. The van der Waals surface area contributed by atoms with Crippen molar-refractivity contribution < 1.29 is 4.42 Å². The molecule has 1 aliphatic heterocycles. The van der Waals surface area contributed by atoms with Crippen LogP contribution < -0.4 is 0 Å². The van der Waals surface area contributed by atoms with E-state index in [0.29, 0.717) is 10.9 Å². The first kappa shape index (κ1) is 12.7. The number of rotatable bonds is 3. The molecule has 0 aliphatic carbocycles. The molecule has 0 amide bonds. The Bertz CT molecular complexity index is 573. The lowest BCUT2D eigenvalue weighted by atomic mass is 10.2. The van der Waals surface area contributed by atoms with Crippen LogP contribution in [0.5, 0.6) is 0 Å². The molecule has 1 saturated heterocycles. The number of benzene rings is 1. The highest BCUT2D eigenvalue weighted by Gasteiger charge is 2.17. The summed E-state index contributed by atoms with van der Waals surface area (Å²) in [6.45, 7) is 5.19. The fourth-order valence-electron chi connectivity index (χ4n) is 2.47. The van der Waals surface area contributed by atoms with Gasteiger partial charge in [-0.25, -0.2) is 4.98 Å². The maximum atomic E-state index is 6.00. The fourth-order valence-corrected chi connectivity index (χ4v) is 2.66. The number of hydrogen-bond acceptors (Lipinski definition) is 3. The molecular weight excluding hydrogens is 260 g/mol. The van der Waals surface area contributed by atoms with Crippen LogP contribution in [-0.4, -0.2) is 23.0 Å². The lowest BCUT2D eigenvalue weighted by Crippen LogP contribution is -2.19. The van der Waals surface area contributed by atoms with E-state index in [1.165, 1.54) is 25.9 Å². The highest BCUT2D eigenvalue weighted by atomic mass is 35.5. The second-order valence-electron chi connectivity index (χ2n) is 5.02. The summed E-state index contributed by atoms with van der Waals surface area (Å²) in [6, 6.07) is 7.62. The molecule has 1 aromatic carbocycles. The molecule has 3 nitrogen and oxygen atoms in total. The largest absolute Gasteiger partial charge is 0.441 e. The molecule has 3 rings (SSSR count). The highest BCUT2D eigenvalue weighted by molar-refractivity contribution is 6.30. The Labute approximate surface area is 118 Å². The molecule has 1 fully saturated rings. The minimum atomic E-state index is 0.661. The summed E-state index contributed by atoms with van der Waals surface area (Å²) < 4.78 is 5.77. The summed E-state index contributed by atoms with van der Waals surface area (Å²) in [5, 5.41) is 0.703. The van der Waals surface area contributed by atoms with Gasteiger partial charge in [0.1, 0.15) is 5.76 Å². The normalized spacial score (nSPS) is 16.1. The summed E-state index contributed by atoms with van der Waals surface area (Å²) in [6.07, 6.45) is 2.58. The number of halogens is 1. The Hall–Kier alpha value is -1.32. The number of aryl methyl sites for hydroxylation is 1. The van der Waals surface area contributed by atoms with Gasteiger partial charge in [0.25, 0.3) is 0 Å². The molecule has 0 N–H and O–H groups in total. The lowest BCUT2D eigenvalue weighted by molar-refractivity contribution is 0.325. The molecule has 1 aliphatic rings. The Kier molecular flexibility index (Phi) is 3.58. The number of oxazole rings is 1. The van der Waals surface area contributed by atoms with Crippen molar-refractivity contribution in [3.8, 4) is 11.5 Å². The molecule has 0 radical (unpaired) electrons. The first-order valence-electron chi connectivity index (χ1n) is 6.67. The van der Waals surface area contributed by atoms with E-state index < -0.39 is 0 Å². The Morgan fingerprint density at radius 1 is 1.32 bits per heavy atom. The van der Waals surface area contributed by atoms with Gasteiger partial charge < -0.3 is 4.42 Å². The molecule has 1 aromatic heterocycles. The Morgan fingerprint density at radius 2 is 2.11 bits per heavy atom. The van der Waals surface area contributed by atoms with Gasteiger partial charge in [-0.15, -0.1) is 0 Å². The van der Waals surface area contributed by atoms with Crippen LogP contribution in [0.4, 0.5) is 0 Å². The number of likely N-dealkylation sites (tertiary alicyclic amines) is 1. The molecule has 4 heteroatoms. The third kappa shape index (κ3) is 2.82. The molecule has 0 spiro atoms. The van der Waals surface area contributed by atoms with E-state index in [1.54, 1.807) is 0 Å². The van der Waals surface area contributed by atoms with Crippen molar-refractivity contribution in [1.29, 1.82) is 0 Å². The van der Waals surface area contributed by atoms with Crippen LogP contribution in [0.3, 0.4) is 0 Å². The maximum Gasteiger partial charge on any atom is 0.226 e. The Balaban J connectivity index is 1.84. The third-order valence-corrected chi connectivity index (χ3v) is 3.77. The molecule has 0 unspecified atom stereocenters. The van der Waals surface area contributed by atoms with E-state index in [9.17, 15) is 0 Å². The van der Waals surface area contributed by atoms with Crippen LogP contribution in [0, 0.1) is 6.92 Å². The zero-order chi connectivity index (χ0) is 13.2. The number of hydrogen-bond donors (Lipinski definition) is 0. The summed E-state index contributed by atoms with van der Waals surface area (Å²) in [7, 11) is 0. The number of nitrogens with zero attached hydrogens (tertiary/aromatic N) is 2. The van der Waals surface area contributed by atoms with Crippen molar-refractivity contribution >= 4 is 11.6 Å². The maximum absolute atomic E-state index is 6.00. The second kappa shape index (κ2) is 5.35. The minimum absolute atomic E-state index is 0.661. The van der Waals surface area contributed by atoms with Gasteiger partial charge in [-0.2, -0.15) is 0 Å². The van der Waals surface area contributed by atoms with Crippen LogP contribution in [0.25, 0.3) is 11.5 Å². The monoisotopic (exact) mass is 276 g/mol. The molecule has 0 atom stereocenters. The molecule has 100 valence electrons. The van der Waals surface area contributed by atoms with E-state index in [0.717, 1.165) is 23.6 Å². The summed E-state index contributed by atoms with van der Waals surface area (Å²) in [5.74, 6) is 1.57. The smallest absolute Gasteiger partial charge is 0.226 e. The van der Waals surface area contributed by atoms with Crippen LogP contribution >= 0.6 is 11.6 Å². The SMILES string of the molecule is Cc1oc(-c2cccc(Cl)c2)nc1CN1CCCC1. The van der Waals surface area contributed by atoms with Gasteiger partial charge in [0.15, 0.2) is 0 Å². The fraction of sp³-hybridized carbons (Fsp3) is 0.400. The molecule has 0 bridgehead atoms. The second-order valence-corrected chi connectivity index (χ2v) is 5.45. The van der Waals surface area contributed by atoms with Crippen molar-refractivity contribution in [3.63, 3.8) is 0 Å². The van der Waals surface area contributed by atoms with Crippen molar-refractivity contribution in [2.24, 2.45) is 0 Å². The predicted octanol–water partition coefficient (Wildman–Crippen LogP) is 3.90. The van der Waals surface area contributed by atoms with E-state index in [-0.39, 0.29) is 0 Å². The lowest BCUT2D eigenvalue weighted by Gasteiger charge is -2.12. The van der Waals surface area contributed by atoms with Crippen LogP contribution in [0.1, 0.15) is 24.3 Å². The first-order valence-corrected chi connectivity index (χ1v) is 7.05. The summed E-state index contributed by atoms with van der Waals surface area (Å²) in [5.41, 5.74) is 1.97. The van der Waals surface area contributed by atoms with Gasteiger partial charge in [-0.05, 0) is 51.1 Å². The van der Waals surface area contributed by atoms with E-state index >= 15 is 0 Å². The van der Waals surface area contributed by atoms with Crippen molar-refractivity contribution in [2.75, 3.05) is 13.1 Å². The van der Waals surface area contributed by atoms with Gasteiger partial charge in [-0.1, -0.05) is 17.7 Å². The quantitative estimate of drug-likeness (QED) is 0.851.